The van der Waals surface area contributed by atoms with Crippen LogP contribution in [-0.2, 0) is 0 Å². The number of hydrogen-bond donors (Lipinski definition) is 1. The molecular weight excluding hydrogens is 274 g/mol. The fourth-order valence-electron chi connectivity index (χ4n) is 3.22. The van der Waals surface area contributed by atoms with Crippen LogP contribution in [0.25, 0.3) is 10.9 Å². The van der Waals surface area contributed by atoms with E-state index < -0.39 is 0 Å². The molecule has 1 fully saturated rings. The van der Waals surface area contributed by atoms with E-state index in [1.54, 1.807) is 0 Å². The van der Waals surface area contributed by atoms with Gasteiger partial charge < -0.3 is 10.2 Å². The average molecular weight is 297 g/mol. The van der Waals surface area contributed by atoms with Gasteiger partial charge in [0.05, 0.1) is 11.1 Å². The first-order chi connectivity index (χ1) is 10.7. The number of nitrogens with zero attached hydrogens (tertiary/aromatic N) is 2. The van der Waals surface area contributed by atoms with E-state index in [1.807, 2.05) is 49.2 Å². The molecule has 0 bridgehead atoms. The number of likely N-dealkylation sites (tertiary alicyclic amines) is 1. The third-order valence-electron chi connectivity index (χ3n) is 4.48. The van der Waals surface area contributed by atoms with Gasteiger partial charge in [0.15, 0.2) is 0 Å². The predicted molar refractivity (Wildman–Crippen MR) is 89.0 cm³/mol. The van der Waals surface area contributed by atoms with Gasteiger partial charge in [-0.25, -0.2) is 0 Å². The first kappa shape index (κ1) is 15.0. The van der Waals surface area contributed by atoms with Gasteiger partial charge in [0, 0.05) is 24.2 Å². The lowest BCUT2D eigenvalue weighted by Crippen LogP contribution is -2.40. The molecule has 0 atom stereocenters. The highest BCUT2D eigenvalue weighted by Gasteiger charge is 2.24. The Bertz CT molecular complexity index is 675. The van der Waals surface area contributed by atoms with Gasteiger partial charge in [-0.05, 0) is 51.4 Å². The van der Waals surface area contributed by atoms with Crippen molar-refractivity contribution in [2.24, 2.45) is 5.92 Å². The van der Waals surface area contributed by atoms with Crippen molar-refractivity contribution >= 4 is 16.8 Å². The number of amides is 1. The number of aromatic nitrogens is 1. The maximum atomic E-state index is 12.9. The topological polar surface area (TPSA) is 45.2 Å². The molecular formula is C18H23N3O. The van der Waals surface area contributed by atoms with Crippen LogP contribution in [0.3, 0.4) is 0 Å². The lowest BCUT2D eigenvalue weighted by Gasteiger charge is -2.32. The Labute approximate surface area is 131 Å². The molecule has 2 heterocycles. The first-order valence-corrected chi connectivity index (χ1v) is 7.99. The van der Waals surface area contributed by atoms with E-state index in [9.17, 15) is 4.79 Å². The third-order valence-corrected chi connectivity index (χ3v) is 4.48. The van der Waals surface area contributed by atoms with Crippen molar-refractivity contribution in [3.8, 4) is 0 Å². The summed E-state index contributed by atoms with van der Waals surface area (Å²) < 4.78 is 0. The Hall–Kier alpha value is -1.94. The minimum absolute atomic E-state index is 0.117. The number of benzene rings is 1. The highest BCUT2D eigenvalue weighted by molar-refractivity contribution is 6.05. The minimum Gasteiger partial charge on any atom is -0.339 e. The molecule has 0 spiro atoms. The number of carbonyl (C=O) groups is 1. The van der Waals surface area contributed by atoms with E-state index in [-0.39, 0.29) is 5.91 Å². The third kappa shape index (κ3) is 2.97. The van der Waals surface area contributed by atoms with Crippen molar-refractivity contribution in [3.05, 3.63) is 41.6 Å². The second-order valence-electron chi connectivity index (χ2n) is 6.12. The Morgan fingerprint density at radius 3 is 2.77 bits per heavy atom. The first-order valence-electron chi connectivity index (χ1n) is 7.99. The number of para-hydroxylation sites is 1. The normalized spacial score (nSPS) is 16.2. The van der Waals surface area contributed by atoms with Gasteiger partial charge >= 0.3 is 0 Å². The van der Waals surface area contributed by atoms with Crippen LogP contribution in [0.15, 0.2) is 30.3 Å². The van der Waals surface area contributed by atoms with E-state index in [0.717, 1.165) is 54.6 Å². The molecule has 1 aliphatic heterocycles. The SMILES string of the molecule is CNCC1CCN(C(=O)c2cccc3ccc(C)nc23)CC1. The average Bonchev–Trinajstić information content (AvgIpc) is 2.54. The summed E-state index contributed by atoms with van der Waals surface area (Å²) in [5, 5.41) is 4.26. The summed E-state index contributed by atoms with van der Waals surface area (Å²) in [6.45, 7) is 4.68. The molecule has 2 aromatic rings. The summed E-state index contributed by atoms with van der Waals surface area (Å²) in [5.41, 5.74) is 2.50. The summed E-state index contributed by atoms with van der Waals surface area (Å²) in [5.74, 6) is 0.800. The molecule has 1 aromatic heterocycles. The minimum atomic E-state index is 0.117. The second kappa shape index (κ2) is 6.44. The zero-order chi connectivity index (χ0) is 15.5. The van der Waals surface area contributed by atoms with Gasteiger partial charge in [0.25, 0.3) is 5.91 Å². The van der Waals surface area contributed by atoms with Crippen molar-refractivity contribution in [1.29, 1.82) is 0 Å². The standard InChI is InChI=1S/C18H23N3O/c1-13-6-7-15-4-3-5-16(17(15)20-13)18(22)21-10-8-14(9-11-21)12-19-2/h3-7,14,19H,8-12H2,1-2H3. The zero-order valence-electron chi connectivity index (χ0n) is 13.3. The van der Waals surface area contributed by atoms with E-state index in [4.69, 9.17) is 0 Å². The smallest absolute Gasteiger partial charge is 0.256 e. The molecule has 0 radical (unpaired) electrons. The van der Waals surface area contributed by atoms with Crippen LogP contribution >= 0.6 is 0 Å². The quantitative estimate of drug-likeness (QED) is 0.947. The van der Waals surface area contributed by atoms with Crippen LogP contribution in [-0.4, -0.2) is 42.5 Å². The number of nitrogens with one attached hydrogen (secondary N) is 1. The maximum Gasteiger partial charge on any atom is 0.256 e. The van der Waals surface area contributed by atoms with E-state index in [0.29, 0.717) is 5.92 Å². The van der Waals surface area contributed by atoms with Crippen LogP contribution in [0.5, 0.6) is 0 Å². The molecule has 22 heavy (non-hydrogen) atoms. The molecule has 4 heteroatoms. The van der Waals surface area contributed by atoms with Crippen molar-refractivity contribution in [1.82, 2.24) is 15.2 Å². The molecule has 1 aliphatic rings. The fraction of sp³-hybridized carbons (Fsp3) is 0.444. The van der Waals surface area contributed by atoms with Gasteiger partial charge in [0.1, 0.15) is 0 Å². The monoisotopic (exact) mass is 297 g/mol. The summed E-state index contributed by atoms with van der Waals surface area (Å²) in [7, 11) is 1.99. The van der Waals surface area contributed by atoms with Gasteiger partial charge in [0.2, 0.25) is 0 Å². The molecule has 116 valence electrons. The van der Waals surface area contributed by atoms with Crippen LogP contribution in [0.2, 0.25) is 0 Å². The lowest BCUT2D eigenvalue weighted by molar-refractivity contribution is 0.0692. The zero-order valence-corrected chi connectivity index (χ0v) is 13.3. The molecule has 1 amide bonds. The molecule has 0 aliphatic carbocycles. The van der Waals surface area contributed by atoms with Gasteiger partial charge in [-0.15, -0.1) is 0 Å². The Morgan fingerprint density at radius 2 is 2.05 bits per heavy atom. The largest absolute Gasteiger partial charge is 0.339 e. The molecule has 0 saturated carbocycles. The molecule has 1 aromatic carbocycles. The Morgan fingerprint density at radius 1 is 1.27 bits per heavy atom. The van der Waals surface area contributed by atoms with E-state index in [2.05, 4.69) is 10.3 Å². The summed E-state index contributed by atoms with van der Waals surface area (Å²) in [4.78, 5) is 19.4. The number of rotatable bonds is 3. The number of hydrogen-bond acceptors (Lipinski definition) is 3. The van der Waals surface area contributed by atoms with Gasteiger partial charge in [-0.1, -0.05) is 18.2 Å². The molecule has 4 nitrogen and oxygen atoms in total. The number of carbonyl (C=O) groups excluding carboxylic acids is 1. The number of fused-ring (bicyclic) bond motifs is 1. The summed E-state index contributed by atoms with van der Waals surface area (Å²) in [6, 6.07) is 9.88. The van der Waals surface area contributed by atoms with Crippen LogP contribution in [0, 0.1) is 12.8 Å². The second-order valence-corrected chi connectivity index (χ2v) is 6.12. The van der Waals surface area contributed by atoms with Crippen molar-refractivity contribution < 1.29 is 4.79 Å². The van der Waals surface area contributed by atoms with Crippen LogP contribution in [0.4, 0.5) is 0 Å². The summed E-state index contributed by atoms with van der Waals surface area (Å²) in [6.07, 6.45) is 2.15. The summed E-state index contributed by atoms with van der Waals surface area (Å²) >= 11 is 0. The van der Waals surface area contributed by atoms with E-state index in [1.165, 1.54) is 0 Å². The highest BCUT2D eigenvalue weighted by atomic mass is 16.2. The fourth-order valence-corrected chi connectivity index (χ4v) is 3.22. The number of aryl methyl sites for hydroxylation is 1. The molecule has 3 rings (SSSR count). The number of pyridine rings is 1. The highest BCUT2D eigenvalue weighted by Crippen LogP contribution is 2.22. The van der Waals surface area contributed by atoms with Crippen LogP contribution in [0.1, 0.15) is 28.9 Å². The Kier molecular flexibility index (Phi) is 4.39. The lowest BCUT2D eigenvalue weighted by atomic mass is 9.96. The van der Waals surface area contributed by atoms with Gasteiger partial charge in [-0.2, -0.15) is 0 Å². The Balaban J connectivity index is 1.82. The maximum absolute atomic E-state index is 12.9. The van der Waals surface area contributed by atoms with Crippen molar-refractivity contribution in [2.45, 2.75) is 19.8 Å². The predicted octanol–water partition coefficient (Wildman–Crippen LogP) is 2.61. The molecule has 1 saturated heterocycles. The van der Waals surface area contributed by atoms with Gasteiger partial charge in [-0.3, -0.25) is 9.78 Å². The molecule has 0 unspecified atom stereocenters. The van der Waals surface area contributed by atoms with Crippen molar-refractivity contribution in [3.63, 3.8) is 0 Å². The van der Waals surface area contributed by atoms with Crippen LogP contribution < -0.4 is 5.32 Å². The molecule has 1 N–H and O–H groups in total. The van der Waals surface area contributed by atoms with Crippen molar-refractivity contribution in [2.75, 3.05) is 26.7 Å². The van der Waals surface area contributed by atoms with E-state index >= 15 is 0 Å². The number of piperidine rings is 1.